The number of nitrogens with one attached hydrogen (secondary N) is 1. The lowest BCUT2D eigenvalue weighted by Crippen LogP contribution is -2.12. The van der Waals surface area contributed by atoms with Gasteiger partial charge < -0.3 is 14.8 Å². The molecule has 3 aromatic carbocycles. The molecule has 0 aliphatic carbocycles. The fourth-order valence-corrected chi connectivity index (χ4v) is 2.90. The van der Waals surface area contributed by atoms with Gasteiger partial charge >= 0.3 is 5.97 Å². The molecule has 0 aliphatic rings. The molecule has 0 fully saturated rings. The van der Waals surface area contributed by atoms with E-state index in [1.165, 1.54) is 0 Å². The van der Waals surface area contributed by atoms with Crippen LogP contribution in [0.3, 0.4) is 0 Å². The van der Waals surface area contributed by atoms with E-state index in [1.807, 2.05) is 12.1 Å². The van der Waals surface area contributed by atoms with Crippen LogP contribution in [0.5, 0.6) is 11.5 Å². The number of esters is 1. The van der Waals surface area contributed by atoms with Crippen molar-refractivity contribution in [3.05, 3.63) is 96.2 Å². The summed E-state index contributed by atoms with van der Waals surface area (Å²) in [5.74, 6) is 0.305. The van der Waals surface area contributed by atoms with Gasteiger partial charge in [-0.15, -0.1) is 0 Å². The van der Waals surface area contributed by atoms with Crippen molar-refractivity contribution in [2.24, 2.45) is 0 Å². The Bertz CT molecular complexity index is 1210. The molecule has 1 N–H and O–H groups in total. The van der Waals surface area contributed by atoms with Gasteiger partial charge in [-0.05, 0) is 60.7 Å². The van der Waals surface area contributed by atoms with Crippen molar-refractivity contribution in [3.63, 3.8) is 0 Å². The topological polar surface area (TPSA) is 77.5 Å². The van der Waals surface area contributed by atoms with E-state index in [4.69, 9.17) is 9.47 Å². The van der Waals surface area contributed by atoms with Crippen LogP contribution in [0, 0.1) is 0 Å². The maximum atomic E-state index is 12.4. The second kappa shape index (κ2) is 8.45. The van der Waals surface area contributed by atoms with Crippen LogP contribution in [0.15, 0.2) is 84.9 Å². The summed E-state index contributed by atoms with van der Waals surface area (Å²) in [6, 6.07) is 24.3. The highest BCUT2D eigenvalue weighted by atomic mass is 16.5. The first kappa shape index (κ1) is 19.1. The highest BCUT2D eigenvalue weighted by molar-refractivity contribution is 6.04. The SMILES string of the molecule is COc1ccc2nc(C(=O)Oc3ccc(NC(=O)c4ccccc4)cc3)ccc2c1. The third-order valence-electron chi connectivity index (χ3n) is 4.46. The molecule has 1 heterocycles. The second-order valence-corrected chi connectivity index (χ2v) is 6.49. The van der Waals surface area contributed by atoms with Gasteiger partial charge in [0.05, 0.1) is 12.6 Å². The molecular weight excluding hydrogens is 380 g/mol. The first-order valence-corrected chi connectivity index (χ1v) is 9.26. The van der Waals surface area contributed by atoms with Gasteiger partial charge in [0.15, 0.2) is 0 Å². The second-order valence-electron chi connectivity index (χ2n) is 6.49. The van der Waals surface area contributed by atoms with E-state index >= 15 is 0 Å². The Morgan fingerprint density at radius 3 is 2.30 bits per heavy atom. The molecule has 1 amide bonds. The lowest BCUT2D eigenvalue weighted by Gasteiger charge is -2.08. The van der Waals surface area contributed by atoms with Crippen LogP contribution in [-0.2, 0) is 0 Å². The molecule has 4 rings (SSSR count). The molecule has 148 valence electrons. The largest absolute Gasteiger partial charge is 0.497 e. The lowest BCUT2D eigenvalue weighted by atomic mass is 10.2. The van der Waals surface area contributed by atoms with E-state index < -0.39 is 5.97 Å². The number of pyridine rings is 1. The average molecular weight is 398 g/mol. The number of ether oxygens (including phenoxy) is 2. The Morgan fingerprint density at radius 1 is 0.833 bits per heavy atom. The van der Waals surface area contributed by atoms with E-state index in [2.05, 4.69) is 10.3 Å². The van der Waals surface area contributed by atoms with Gasteiger partial charge in [0.1, 0.15) is 17.2 Å². The highest BCUT2D eigenvalue weighted by Gasteiger charge is 2.12. The van der Waals surface area contributed by atoms with Crippen molar-refractivity contribution >= 4 is 28.5 Å². The Hall–Kier alpha value is -4.19. The molecule has 0 aliphatic heterocycles. The first-order chi connectivity index (χ1) is 14.6. The number of fused-ring (bicyclic) bond motifs is 1. The minimum absolute atomic E-state index is 0.203. The highest BCUT2D eigenvalue weighted by Crippen LogP contribution is 2.21. The Labute approximate surface area is 173 Å². The number of amides is 1. The smallest absolute Gasteiger partial charge is 0.362 e. The average Bonchev–Trinajstić information content (AvgIpc) is 2.80. The standard InChI is InChI=1S/C24H18N2O4/c1-29-20-12-14-21-17(15-20)7-13-22(26-21)24(28)30-19-10-8-18(9-11-19)25-23(27)16-5-3-2-4-6-16/h2-15H,1H3,(H,25,27). The molecular formula is C24H18N2O4. The van der Waals surface area contributed by atoms with E-state index in [-0.39, 0.29) is 11.6 Å². The number of carbonyl (C=O) groups excluding carboxylic acids is 2. The summed E-state index contributed by atoms with van der Waals surface area (Å²) in [6.45, 7) is 0. The zero-order chi connectivity index (χ0) is 20.9. The molecule has 1 aromatic heterocycles. The lowest BCUT2D eigenvalue weighted by molar-refractivity contribution is 0.0728. The van der Waals surface area contributed by atoms with Crippen molar-refractivity contribution in [3.8, 4) is 11.5 Å². The van der Waals surface area contributed by atoms with E-state index in [1.54, 1.807) is 79.9 Å². The first-order valence-electron chi connectivity index (χ1n) is 9.26. The number of nitrogens with zero attached hydrogens (tertiary/aromatic N) is 1. The zero-order valence-electron chi connectivity index (χ0n) is 16.2. The Balaban J connectivity index is 1.43. The van der Waals surface area contributed by atoms with Crippen LogP contribution in [0.25, 0.3) is 10.9 Å². The summed E-state index contributed by atoms with van der Waals surface area (Å²) in [7, 11) is 1.60. The van der Waals surface area contributed by atoms with Crippen molar-refractivity contribution in [1.29, 1.82) is 0 Å². The van der Waals surface area contributed by atoms with Gasteiger partial charge in [0, 0.05) is 16.6 Å². The predicted octanol–water partition coefficient (Wildman–Crippen LogP) is 4.71. The minimum Gasteiger partial charge on any atom is -0.497 e. The summed E-state index contributed by atoms with van der Waals surface area (Å²) in [5, 5.41) is 3.66. The predicted molar refractivity (Wildman–Crippen MR) is 114 cm³/mol. The molecule has 0 atom stereocenters. The third kappa shape index (κ3) is 4.28. The van der Waals surface area contributed by atoms with E-state index in [0.717, 1.165) is 11.1 Å². The molecule has 0 spiro atoms. The van der Waals surface area contributed by atoms with Crippen LogP contribution in [0.4, 0.5) is 5.69 Å². The monoisotopic (exact) mass is 398 g/mol. The Morgan fingerprint density at radius 2 is 1.57 bits per heavy atom. The van der Waals surface area contributed by atoms with Gasteiger partial charge in [-0.1, -0.05) is 24.3 Å². The van der Waals surface area contributed by atoms with Crippen LogP contribution >= 0.6 is 0 Å². The fraction of sp³-hybridized carbons (Fsp3) is 0.0417. The normalized spacial score (nSPS) is 10.4. The molecule has 30 heavy (non-hydrogen) atoms. The zero-order valence-corrected chi connectivity index (χ0v) is 16.2. The molecule has 4 aromatic rings. The molecule has 0 saturated heterocycles. The van der Waals surface area contributed by atoms with Crippen molar-refractivity contribution in [2.45, 2.75) is 0 Å². The fourth-order valence-electron chi connectivity index (χ4n) is 2.90. The van der Waals surface area contributed by atoms with Crippen molar-refractivity contribution in [2.75, 3.05) is 12.4 Å². The number of carbonyl (C=O) groups is 2. The number of hydrogen-bond acceptors (Lipinski definition) is 5. The van der Waals surface area contributed by atoms with Gasteiger partial charge in [-0.2, -0.15) is 0 Å². The van der Waals surface area contributed by atoms with Gasteiger partial charge in [-0.3, -0.25) is 4.79 Å². The number of aromatic nitrogens is 1. The summed E-state index contributed by atoms with van der Waals surface area (Å²) < 4.78 is 10.6. The summed E-state index contributed by atoms with van der Waals surface area (Å²) >= 11 is 0. The number of hydrogen-bond donors (Lipinski definition) is 1. The van der Waals surface area contributed by atoms with E-state index in [9.17, 15) is 9.59 Å². The van der Waals surface area contributed by atoms with Gasteiger partial charge in [0.2, 0.25) is 0 Å². The van der Waals surface area contributed by atoms with Crippen LogP contribution in [0.2, 0.25) is 0 Å². The van der Waals surface area contributed by atoms with Crippen molar-refractivity contribution < 1.29 is 19.1 Å². The molecule has 6 nitrogen and oxygen atoms in total. The van der Waals surface area contributed by atoms with E-state index in [0.29, 0.717) is 22.5 Å². The number of rotatable bonds is 5. The van der Waals surface area contributed by atoms with Crippen LogP contribution in [0.1, 0.15) is 20.8 Å². The Kier molecular flexibility index (Phi) is 5.39. The van der Waals surface area contributed by atoms with Crippen LogP contribution < -0.4 is 14.8 Å². The van der Waals surface area contributed by atoms with Gasteiger partial charge in [0.25, 0.3) is 5.91 Å². The maximum absolute atomic E-state index is 12.4. The van der Waals surface area contributed by atoms with Crippen molar-refractivity contribution in [1.82, 2.24) is 4.98 Å². The summed E-state index contributed by atoms with van der Waals surface area (Å²) in [6.07, 6.45) is 0. The maximum Gasteiger partial charge on any atom is 0.362 e. The molecule has 0 saturated carbocycles. The molecule has 0 bridgehead atoms. The minimum atomic E-state index is -0.561. The van der Waals surface area contributed by atoms with Crippen LogP contribution in [-0.4, -0.2) is 24.0 Å². The number of benzene rings is 3. The number of methoxy groups -OCH3 is 1. The quantitative estimate of drug-likeness (QED) is 0.389. The summed E-state index contributed by atoms with van der Waals surface area (Å²) in [4.78, 5) is 29.0. The molecule has 6 heteroatoms. The summed E-state index contributed by atoms with van der Waals surface area (Å²) in [5.41, 5.74) is 2.03. The molecule has 0 unspecified atom stereocenters. The third-order valence-corrected chi connectivity index (χ3v) is 4.46. The van der Waals surface area contributed by atoms with Gasteiger partial charge in [-0.25, -0.2) is 9.78 Å². The molecule has 0 radical (unpaired) electrons. The number of anilines is 1.